The van der Waals surface area contributed by atoms with E-state index in [1.54, 1.807) is 9.58 Å². The molecule has 4 heterocycles. The number of carbonyl (C=O) groups excluding carboxylic acids is 2. The van der Waals surface area contributed by atoms with E-state index in [0.29, 0.717) is 61.6 Å². The van der Waals surface area contributed by atoms with Gasteiger partial charge in [-0.05, 0) is 99.8 Å². The monoisotopic (exact) mass is 768 g/mol. The molecule has 3 aromatic carbocycles. The smallest absolute Gasteiger partial charge is 0.261 e. The summed E-state index contributed by atoms with van der Waals surface area (Å²) in [5.41, 5.74) is 3.48. The lowest BCUT2D eigenvalue weighted by Gasteiger charge is -2.36. The zero-order valence-electron chi connectivity index (χ0n) is 31.9. The average molecular weight is 769 g/mol. The molecule has 0 saturated carbocycles. The number of hydrogen-bond donors (Lipinski definition) is 5. The molecule has 2 amide bonds. The highest BCUT2D eigenvalue weighted by Gasteiger charge is 2.64. The molecule has 7 rings (SSSR count). The first-order chi connectivity index (χ1) is 26.5. The van der Waals surface area contributed by atoms with Crippen molar-refractivity contribution < 1.29 is 34.1 Å². The first-order valence-corrected chi connectivity index (χ1v) is 22.4. The second-order valence-corrected chi connectivity index (χ2v) is 19.4. The second-order valence-electron chi connectivity index (χ2n) is 15.4. The van der Waals surface area contributed by atoms with E-state index in [1.807, 2.05) is 99.9 Å². The highest BCUT2D eigenvalue weighted by Crippen LogP contribution is 2.59. The van der Waals surface area contributed by atoms with Gasteiger partial charge in [0.1, 0.15) is 5.75 Å². The molecule has 0 aliphatic carbocycles. The zero-order valence-corrected chi connectivity index (χ0v) is 32.9. The number of aliphatic hydroxyl groups is 2. The number of nitrogens with one attached hydrogen (secondary N) is 2. The molecule has 0 radical (unpaired) electrons. The van der Waals surface area contributed by atoms with E-state index < -0.39 is 26.1 Å². The molecule has 0 bridgehead atoms. The first kappa shape index (κ1) is 38.8. The fourth-order valence-electron chi connectivity index (χ4n) is 8.91. The average Bonchev–Trinajstić information content (AvgIpc) is 3.84. The number of anilines is 3. The van der Waals surface area contributed by atoms with E-state index in [4.69, 9.17) is 9.47 Å². The van der Waals surface area contributed by atoms with Gasteiger partial charge in [0.25, 0.3) is 5.91 Å². The number of fused-ring (bicyclic) bond motifs is 3. The summed E-state index contributed by atoms with van der Waals surface area (Å²) in [6.45, 7) is 9.21. The van der Waals surface area contributed by atoms with Gasteiger partial charge in [-0.3, -0.25) is 19.2 Å². The molecule has 6 atom stereocenters. The zero-order chi connectivity index (χ0) is 38.9. The lowest BCUT2D eigenvalue weighted by Crippen LogP contribution is -2.49. The van der Waals surface area contributed by atoms with Crippen molar-refractivity contribution in [2.24, 2.45) is 5.92 Å². The number of rotatable bonds is 15. The van der Waals surface area contributed by atoms with Crippen LogP contribution in [-0.2, 0) is 32.9 Å². The predicted octanol–water partition coefficient (Wildman–Crippen LogP) is 4.59. The van der Waals surface area contributed by atoms with Gasteiger partial charge in [-0.1, -0.05) is 42.5 Å². The molecular weight excluding hydrogens is 717 g/mol. The van der Waals surface area contributed by atoms with Crippen LogP contribution < -0.4 is 20.3 Å². The summed E-state index contributed by atoms with van der Waals surface area (Å²) in [7, 11) is -2.92. The van der Waals surface area contributed by atoms with Gasteiger partial charge in [0.15, 0.2) is 13.9 Å². The van der Waals surface area contributed by atoms with Crippen molar-refractivity contribution in [1.29, 1.82) is 0 Å². The van der Waals surface area contributed by atoms with Crippen LogP contribution in [0.15, 0.2) is 72.9 Å². The van der Waals surface area contributed by atoms with Crippen LogP contribution >= 0.6 is 0 Å². The summed E-state index contributed by atoms with van der Waals surface area (Å²) in [4.78, 5) is 42.0. The van der Waals surface area contributed by atoms with Gasteiger partial charge in [-0.15, -0.1) is 5.10 Å². The van der Waals surface area contributed by atoms with Crippen LogP contribution in [0.5, 0.6) is 5.75 Å². The van der Waals surface area contributed by atoms with E-state index in [1.165, 1.54) is 0 Å². The van der Waals surface area contributed by atoms with Gasteiger partial charge < -0.3 is 35.1 Å². The highest BCUT2D eigenvalue weighted by molar-refractivity contribution is 6.71. The standard InChI is InChI=1S/C41H52N6O7Si/c1-5-53-30-14-16-36-28(21-30)22-34(42-18-9-10-20-48)39(50)47(36)29-13-15-33-32(23-29)41(40(51)43-33)26(2)38(55(3,4)52)37(54-41)17-19-46-24-35(44-45-46)31(25-49)27-11-7-6-8-12-27/h6-8,11-16,21,23-24,26,31,34,37-38,42,48-49,52H,5,9-10,17-20,22,25H2,1-4H3,(H,43,51)/t26-,31?,34?,37+,38-,41+/m1/s1. The Morgan fingerprint density at radius 2 is 1.89 bits per heavy atom. The number of unbranched alkanes of at least 4 members (excludes halogenated alkanes) is 1. The number of hydrogen-bond acceptors (Lipinski definition) is 10. The normalized spacial score (nSPS) is 23.9. The molecule has 13 nitrogen and oxygen atoms in total. The minimum absolute atomic E-state index is 0.0932. The van der Waals surface area contributed by atoms with Crippen LogP contribution in [0.2, 0.25) is 18.6 Å². The summed E-state index contributed by atoms with van der Waals surface area (Å²) in [6.07, 6.45) is 3.69. The molecule has 3 aliphatic rings. The number of aromatic nitrogens is 3. The summed E-state index contributed by atoms with van der Waals surface area (Å²) in [6, 6.07) is 20.5. The molecule has 292 valence electrons. The number of benzene rings is 3. The number of amides is 2. The minimum Gasteiger partial charge on any atom is -0.494 e. The van der Waals surface area contributed by atoms with E-state index in [0.717, 1.165) is 29.0 Å². The Hall–Kier alpha value is -4.44. The molecule has 1 fully saturated rings. The van der Waals surface area contributed by atoms with Gasteiger partial charge in [-0.2, -0.15) is 0 Å². The SMILES string of the molecule is CCOc1ccc2c(c1)CC(NCCCCO)C(=O)N2c1ccc2c(c1)[C@]1(O[C@@H](CCn3cc(C(CO)c4ccccc4)nn3)[C@H]([Si](C)(C)O)[C@H]1C)C(=O)N2. The molecule has 1 saturated heterocycles. The fraction of sp³-hybridized carbons (Fsp3) is 0.463. The highest BCUT2D eigenvalue weighted by atomic mass is 28.4. The quantitative estimate of drug-likeness (QED) is 0.0852. The lowest BCUT2D eigenvalue weighted by molar-refractivity contribution is -0.143. The Kier molecular flexibility index (Phi) is 11.3. The van der Waals surface area contributed by atoms with Crippen molar-refractivity contribution in [2.45, 2.75) is 88.4 Å². The number of ether oxygens (including phenoxy) is 2. The molecule has 55 heavy (non-hydrogen) atoms. The maximum Gasteiger partial charge on any atom is 0.261 e. The molecule has 1 aromatic heterocycles. The van der Waals surface area contributed by atoms with Gasteiger partial charge in [0, 0.05) is 47.7 Å². The third kappa shape index (κ3) is 7.34. The van der Waals surface area contributed by atoms with Gasteiger partial charge >= 0.3 is 0 Å². The molecule has 14 heteroatoms. The van der Waals surface area contributed by atoms with Crippen LogP contribution in [0, 0.1) is 5.92 Å². The molecular formula is C41H52N6O7Si. The number of nitrogens with zero attached hydrogens (tertiary/aromatic N) is 4. The van der Waals surface area contributed by atoms with Crippen molar-refractivity contribution in [3.8, 4) is 5.75 Å². The molecule has 1 spiro atoms. The maximum absolute atomic E-state index is 14.3. The topological polar surface area (TPSA) is 171 Å². The Balaban J connectivity index is 1.19. The van der Waals surface area contributed by atoms with E-state index in [9.17, 15) is 24.6 Å². The van der Waals surface area contributed by atoms with Crippen LogP contribution in [0.4, 0.5) is 17.1 Å². The Morgan fingerprint density at radius 3 is 2.62 bits per heavy atom. The van der Waals surface area contributed by atoms with Gasteiger partial charge in [0.05, 0.1) is 42.7 Å². The fourth-order valence-corrected chi connectivity index (χ4v) is 11.5. The molecule has 2 unspecified atom stereocenters. The molecule has 3 aliphatic heterocycles. The largest absolute Gasteiger partial charge is 0.494 e. The third-order valence-electron chi connectivity index (χ3n) is 11.4. The van der Waals surface area contributed by atoms with Crippen LogP contribution in [-0.4, -0.2) is 88.6 Å². The minimum atomic E-state index is -2.92. The van der Waals surface area contributed by atoms with Crippen molar-refractivity contribution in [3.05, 3.63) is 95.3 Å². The molecule has 5 N–H and O–H groups in total. The van der Waals surface area contributed by atoms with Crippen molar-refractivity contribution in [2.75, 3.05) is 36.6 Å². The number of aryl methyl sites for hydroxylation is 1. The van der Waals surface area contributed by atoms with Gasteiger partial charge in [-0.25, -0.2) is 0 Å². The van der Waals surface area contributed by atoms with Crippen LogP contribution in [0.1, 0.15) is 61.4 Å². The number of aliphatic hydroxyl groups excluding tert-OH is 2. The summed E-state index contributed by atoms with van der Waals surface area (Å²) in [5.74, 6) is -0.375. The Bertz CT molecular complexity index is 2000. The molecule has 4 aromatic rings. The maximum atomic E-state index is 14.3. The van der Waals surface area contributed by atoms with E-state index in [2.05, 4.69) is 20.9 Å². The number of carbonyl (C=O) groups is 2. The predicted molar refractivity (Wildman–Crippen MR) is 211 cm³/mol. The lowest BCUT2D eigenvalue weighted by atomic mass is 9.82. The second kappa shape index (κ2) is 16.0. The van der Waals surface area contributed by atoms with Crippen molar-refractivity contribution in [3.63, 3.8) is 0 Å². The first-order valence-electron chi connectivity index (χ1n) is 19.4. The van der Waals surface area contributed by atoms with E-state index >= 15 is 0 Å². The summed E-state index contributed by atoms with van der Waals surface area (Å²) < 4.78 is 14.5. The van der Waals surface area contributed by atoms with Crippen molar-refractivity contribution in [1.82, 2.24) is 20.3 Å². The summed E-state index contributed by atoms with van der Waals surface area (Å²) >= 11 is 0. The van der Waals surface area contributed by atoms with Crippen LogP contribution in [0.25, 0.3) is 0 Å². The van der Waals surface area contributed by atoms with Crippen molar-refractivity contribution >= 4 is 37.2 Å². The Labute approximate surface area is 322 Å². The third-order valence-corrected chi connectivity index (χ3v) is 13.9. The summed E-state index contributed by atoms with van der Waals surface area (Å²) in [5, 5.41) is 34.7. The van der Waals surface area contributed by atoms with Gasteiger partial charge in [0.2, 0.25) is 5.91 Å². The van der Waals surface area contributed by atoms with E-state index in [-0.39, 0.29) is 42.4 Å². The Morgan fingerprint density at radius 1 is 1.09 bits per heavy atom. The van der Waals surface area contributed by atoms with Crippen LogP contribution in [0.3, 0.4) is 0 Å².